The molecule has 3 nitrogen and oxygen atoms in total. The molecule has 0 saturated carbocycles. The molecule has 2 aromatic rings. The molecule has 0 spiro atoms. The molecule has 86 valence electrons. The lowest BCUT2D eigenvalue weighted by atomic mass is 10.2. The van der Waals surface area contributed by atoms with Gasteiger partial charge in [0.1, 0.15) is 11.5 Å². The van der Waals surface area contributed by atoms with E-state index in [0.29, 0.717) is 0 Å². The highest BCUT2D eigenvalue weighted by atomic mass is 32.1. The van der Waals surface area contributed by atoms with Gasteiger partial charge in [0, 0.05) is 5.38 Å². The first-order chi connectivity index (χ1) is 7.79. The summed E-state index contributed by atoms with van der Waals surface area (Å²) in [6.07, 6.45) is 3.19. The van der Waals surface area contributed by atoms with Gasteiger partial charge in [-0.1, -0.05) is 0 Å². The molecule has 4 heteroatoms. The fourth-order valence-electron chi connectivity index (χ4n) is 1.53. The average molecular weight is 236 g/mol. The molecular weight excluding hydrogens is 220 g/mol. The molecule has 0 aromatic carbocycles. The molecule has 2 aromatic heterocycles. The van der Waals surface area contributed by atoms with E-state index in [1.54, 1.807) is 11.3 Å². The van der Waals surface area contributed by atoms with Crippen molar-refractivity contribution >= 4 is 11.3 Å². The molecule has 2 N–H and O–H groups in total. The quantitative estimate of drug-likeness (QED) is 0.812. The number of aromatic nitrogens is 1. The zero-order valence-corrected chi connectivity index (χ0v) is 10.2. The Morgan fingerprint density at radius 2 is 2.25 bits per heavy atom. The van der Waals surface area contributed by atoms with Crippen LogP contribution in [0, 0.1) is 6.92 Å². The summed E-state index contributed by atoms with van der Waals surface area (Å²) < 4.78 is 5.53. The van der Waals surface area contributed by atoms with Crippen LogP contribution < -0.4 is 5.73 Å². The van der Waals surface area contributed by atoms with E-state index in [1.165, 1.54) is 0 Å². The first-order valence-corrected chi connectivity index (χ1v) is 6.39. The van der Waals surface area contributed by atoms with E-state index in [0.717, 1.165) is 48.0 Å². The highest BCUT2D eigenvalue weighted by Gasteiger charge is 2.07. The van der Waals surface area contributed by atoms with E-state index in [1.807, 2.05) is 19.1 Å². The molecule has 0 amide bonds. The van der Waals surface area contributed by atoms with Crippen LogP contribution in [-0.2, 0) is 6.42 Å². The Hall–Kier alpha value is -1.13. The lowest BCUT2D eigenvalue weighted by Crippen LogP contribution is -1.98. The Balaban J connectivity index is 2.02. The summed E-state index contributed by atoms with van der Waals surface area (Å²) in [5.74, 6) is 1.78. The van der Waals surface area contributed by atoms with Gasteiger partial charge in [-0.25, -0.2) is 4.98 Å². The molecular formula is C12H16N2OS. The van der Waals surface area contributed by atoms with Gasteiger partial charge in [0.2, 0.25) is 0 Å². The van der Waals surface area contributed by atoms with Gasteiger partial charge in [0.25, 0.3) is 0 Å². The predicted octanol–water partition coefficient (Wildman–Crippen LogP) is 2.99. The van der Waals surface area contributed by atoms with Crippen LogP contribution in [0.2, 0.25) is 0 Å². The van der Waals surface area contributed by atoms with Crippen LogP contribution in [-0.4, -0.2) is 11.5 Å². The minimum absolute atomic E-state index is 0.760. The summed E-state index contributed by atoms with van der Waals surface area (Å²) in [4.78, 5) is 4.55. The van der Waals surface area contributed by atoms with Crippen LogP contribution in [0.5, 0.6) is 0 Å². The number of hydrogen-bond donors (Lipinski definition) is 1. The van der Waals surface area contributed by atoms with Gasteiger partial charge in [0.15, 0.2) is 5.76 Å². The molecule has 0 aliphatic rings. The number of nitrogens with two attached hydrogens (primary N) is 1. The summed E-state index contributed by atoms with van der Waals surface area (Å²) >= 11 is 1.69. The second-order valence-electron chi connectivity index (χ2n) is 3.78. The Labute approximate surface area is 99.3 Å². The summed E-state index contributed by atoms with van der Waals surface area (Å²) in [6.45, 7) is 2.70. The average Bonchev–Trinajstić information content (AvgIpc) is 2.87. The molecule has 16 heavy (non-hydrogen) atoms. The van der Waals surface area contributed by atoms with Gasteiger partial charge in [-0.2, -0.15) is 0 Å². The summed E-state index contributed by atoms with van der Waals surface area (Å²) in [7, 11) is 0. The van der Waals surface area contributed by atoms with Crippen molar-refractivity contribution in [3.63, 3.8) is 0 Å². The Kier molecular flexibility index (Phi) is 3.74. The molecule has 0 aliphatic heterocycles. The van der Waals surface area contributed by atoms with Crippen molar-refractivity contribution < 1.29 is 4.42 Å². The van der Waals surface area contributed by atoms with Gasteiger partial charge >= 0.3 is 0 Å². The predicted molar refractivity (Wildman–Crippen MR) is 66.5 cm³/mol. The van der Waals surface area contributed by atoms with Crippen LogP contribution in [0.15, 0.2) is 21.9 Å². The van der Waals surface area contributed by atoms with Crippen LogP contribution in [0.25, 0.3) is 11.5 Å². The first-order valence-electron chi connectivity index (χ1n) is 5.51. The topological polar surface area (TPSA) is 52.0 Å². The number of thiazole rings is 1. The number of unbranched alkanes of at least 4 members (excludes halogenated alkanes) is 1. The molecule has 0 aliphatic carbocycles. The SMILES string of the molecule is Cc1ccc(-c2csc(CCCCN)n2)o1. The highest BCUT2D eigenvalue weighted by molar-refractivity contribution is 7.09. The third-order valence-electron chi connectivity index (χ3n) is 2.39. The monoisotopic (exact) mass is 236 g/mol. The molecule has 0 radical (unpaired) electrons. The van der Waals surface area contributed by atoms with E-state index in [-0.39, 0.29) is 0 Å². The molecule has 0 unspecified atom stereocenters. The highest BCUT2D eigenvalue weighted by Crippen LogP contribution is 2.24. The Morgan fingerprint density at radius 3 is 2.94 bits per heavy atom. The molecule has 2 heterocycles. The fourth-order valence-corrected chi connectivity index (χ4v) is 2.36. The third kappa shape index (κ3) is 2.71. The first kappa shape index (κ1) is 11.4. The van der Waals surface area contributed by atoms with E-state index in [2.05, 4.69) is 10.4 Å². The summed E-state index contributed by atoms with van der Waals surface area (Å²) in [6, 6.07) is 3.93. The number of furan rings is 1. The van der Waals surface area contributed by atoms with Gasteiger partial charge in [-0.15, -0.1) is 11.3 Å². The maximum atomic E-state index is 5.53. The summed E-state index contributed by atoms with van der Waals surface area (Å²) in [5.41, 5.74) is 6.40. The zero-order chi connectivity index (χ0) is 11.4. The van der Waals surface area contributed by atoms with Crippen molar-refractivity contribution in [2.75, 3.05) is 6.54 Å². The van der Waals surface area contributed by atoms with Crippen molar-refractivity contribution in [1.29, 1.82) is 0 Å². The molecule has 0 fully saturated rings. The van der Waals surface area contributed by atoms with Gasteiger partial charge < -0.3 is 10.2 Å². The fraction of sp³-hybridized carbons (Fsp3) is 0.417. The number of nitrogens with zero attached hydrogens (tertiary/aromatic N) is 1. The van der Waals surface area contributed by atoms with E-state index in [4.69, 9.17) is 10.2 Å². The van der Waals surface area contributed by atoms with Crippen molar-refractivity contribution in [2.45, 2.75) is 26.2 Å². The number of aryl methyl sites for hydroxylation is 2. The van der Waals surface area contributed by atoms with E-state index >= 15 is 0 Å². The second kappa shape index (κ2) is 5.27. The van der Waals surface area contributed by atoms with Crippen molar-refractivity contribution in [2.24, 2.45) is 5.73 Å². The third-order valence-corrected chi connectivity index (χ3v) is 3.30. The minimum atomic E-state index is 0.760. The largest absolute Gasteiger partial charge is 0.460 e. The molecule has 0 saturated heterocycles. The molecule has 0 bridgehead atoms. The van der Waals surface area contributed by atoms with Crippen molar-refractivity contribution in [3.8, 4) is 11.5 Å². The molecule has 2 rings (SSSR count). The van der Waals surface area contributed by atoms with Crippen molar-refractivity contribution in [3.05, 3.63) is 28.3 Å². The standard InChI is InChI=1S/C12H16N2OS/c1-9-5-6-11(15-9)10-8-16-12(14-10)4-2-3-7-13/h5-6,8H,2-4,7,13H2,1H3. The zero-order valence-electron chi connectivity index (χ0n) is 9.40. The van der Waals surface area contributed by atoms with Gasteiger partial charge in [-0.05, 0) is 44.9 Å². The lowest BCUT2D eigenvalue weighted by Gasteiger charge is -1.94. The van der Waals surface area contributed by atoms with Crippen LogP contribution in [0.4, 0.5) is 0 Å². The smallest absolute Gasteiger partial charge is 0.153 e. The normalized spacial score (nSPS) is 10.9. The maximum absolute atomic E-state index is 5.53. The Bertz CT molecular complexity index is 447. The molecule has 0 atom stereocenters. The minimum Gasteiger partial charge on any atom is -0.460 e. The lowest BCUT2D eigenvalue weighted by molar-refractivity contribution is 0.546. The summed E-state index contributed by atoms with van der Waals surface area (Å²) in [5, 5.41) is 3.22. The van der Waals surface area contributed by atoms with Gasteiger partial charge in [0.05, 0.1) is 5.01 Å². The Morgan fingerprint density at radius 1 is 1.38 bits per heavy atom. The van der Waals surface area contributed by atoms with Crippen molar-refractivity contribution in [1.82, 2.24) is 4.98 Å². The van der Waals surface area contributed by atoms with Gasteiger partial charge in [-0.3, -0.25) is 0 Å². The number of rotatable bonds is 5. The number of hydrogen-bond acceptors (Lipinski definition) is 4. The van der Waals surface area contributed by atoms with E-state index < -0.39 is 0 Å². The van der Waals surface area contributed by atoms with Crippen LogP contribution in [0.3, 0.4) is 0 Å². The maximum Gasteiger partial charge on any atom is 0.153 e. The second-order valence-corrected chi connectivity index (χ2v) is 4.73. The van der Waals surface area contributed by atoms with Crippen LogP contribution >= 0.6 is 11.3 Å². The van der Waals surface area contributed by atoms with E-state index in [9.17, 15) is 0 Å². The van der Waals surface area contributed by atoms with Crippen LogP contribution in [0.1, 0.15) is 23.6 Å².